The maximum atomic E-state index is 12.6. The topological polar surface area (TPSA) is 48.8 Å². The summed E-state index contributed by atoms with van der Waals surface area (Å²) in [6.07, 6.45) is -1.27. The van der Waals surface area contributed by atoms with Gasteiger partial charge in [-0.05, 0) is 61.5 Å². The first-order valence-corrected chi connectivity index (χ1v) is 9.24. The minimum atomic E-state index is -4.72. The van der Waals surface area contributed by atoms with Gasteiger partial charge in [-0.2, -0.15) is 0 Å². The maximum Gasteiger partial charge on any atom is 0.573 e. The zero-order chi connectivity index (χ0) is 19.9. The highest BCUT2D eigenvalue weighted by Crippen LogP contribution is 2.46. The van der Waals surface area contributed by atoms with Crippen LogP contribution in [0.3, 0.4) is 0 Å². The molecule has 1 aromatic heterocycles. The lowest BCUT2D eigenvalue weighted by Gasteiger charge is -2.38. The van der Waals surface area contributed by atoms with E-state index < -0.39 is 12.5 Å². The third-order valence-electron chi connectivity index (χ3n) is 5.58. The molecule has 1 N–H and O–H groups in total. The molecule has 0 saturated carbocycles. The number of fused-ring (bicyclic) bond motifs is 3. The summed E-state index contributed by atoms with van der Waals surface area (Å²) < 4.78 is 42.1. The Kier molecular flexibility index (Phi) is 4.93. The largest absolute Gasteiger partial charge is 0.573 e. The predicted octanol–water partition coefficient (Wildman–Crippen LogP) is 3.32. The summed E-state index contributed by atoms with van der Waals surface area (Å²) in [7, 11) is 2.01. The average Bonchev–Trinajstić information content (AvgIpc) is 2.94. The quantitative estimate of drug-likeness (QED) is 0.864. The molecule has 0 amide bonds. The Balaban J connectivity index is 1.64. The van der Waals surface area contributed by atoms with Gasteiger partial charge in [0.1, 0.15) is 5.75 Å². The smallest absolute Gasteiger partial charge is 0.406 e. The monoisotopic (exact) mass is 393 g/mol. The van der Waals surface area contributed by atoms with Crippen molar-refractivity contribution < 1.29 is 23.0 Å². The van der Waals surface area contributed by atoms with Crippen molar-refractivity contribution in [1.29, 1.82) is 0 Å². The van der Waals surface area contributed by atoms with Crippen LogP contribution in [0.5, 0.6) is 5.75 Å². The number of ether oxygens (including phenoxy) is 1. The molecule has 0 spiro atoms. The second kappa shape index (κ2) is 7.25. The summed E-state index contributed by atoms with van der Waals surface area (Å²) in [5.41, 5.74) is 2.48. The number of hydrogen-bond donors (Lipinski definition) is 1. The SMILES string of the molecule is CN1CCC2C(C1)c1cc(OC(F)(F)F)ccc1N2CC(O)c1ccncc1. The summed E-state index contributed by atoms with van der Waals surface area (Å²) >= 11 is 0. The van der Waals surface area contributed by atoms with E-state index in [0.717, 1.165) is 36.3 Å². The van der Waals surface area contributed by atoms with Crippen LogP contribution in [0.15, 0.2) is 42.7 Å². The number of pyridine rings is 1. The van der Waals surface area contributed by atoms with Crippen molar-refractivity contribution in [2.24, 2.45) is 0 Å². The summed E-state index contributed by atoms with van der Waals surface area (Å²) in [4.78, 5) is 8.29. The zero-order valence-electron chi connectivity index (χ0n) is 15.4. The van der Waals surface area contributed by atoms with E-state index in [4.69, 9.17) is 0 Å². The first-order chi connectivity index (χ1) is 13.3. The number of aromatic nitrogens is 1. The molecule has 3 atom stereocenters. The number of β-amino-alcohol motifs (C(OH)–C–C–N with tert-alkyl or cyclic N) is 1. The van der Waals surface area contributed by atoms with Crippen LogP contribution in [0.25, 0.3) is 0 Å². The van der Waals surface area contributed by atoms with Crippen molar-refractivity contribution in [1.82, 2.24) is 9.88 Å². The molecular weight excluding hydrogens is 371 g/mol. The van der Waals surface area contributed by atoms with Gasteiger partial charge in [-0.15, -0.1) is 13.2 Å². The summed E-state index contributed by atoms with van der Waals surface area (Å²) in [5, 5.41) is 10.7. The molecule has 4 rings (SSSR count). The molecule has 2 aliphatic rings. The van der Waals surface area contributed by atoms with Crippen molar-refractivity contribution in [3.63, 3.8) is 0 Å². The fraction of sp³-hybridized carbons (Fsp3) is 0.450. The fourth-order valence-corrected chi connectivity index (χ4v) is 4.36. The Morgan fingerprint density at radius 3 is 2.71 bits per heavy atom. The number of aliphatic hydroxyl groups excluding tert-OH is 1. The molecule has 0 bridgehead atoms. The molecule has 2 aromatic rings. The molecular formula is C20H22F3N3O2. The molecule has 1 aromatic carbocycles. The molecule has 2 aliphatic heterocycles. The second-order valence-electron chi connectivity index (χ2n) is 7.44. The Morgan fingerprint density at radius 1 is 1.25 bits per heavy atom. The first kappa shape index (κ1) is 19.0. The number of aliphatic hydroxyl groups is 1. The van der Waals surface area contributed by atoms with Gasteiger partial charge in [0.15, 0.2) is 0 Å². The van der Waals surface area contributed by atoms with E-state index in [1.54, 1.807) is 30.6 Å². The lowest BCUT2D eigenvalue weighted by Crippen LogP contribution is -2.46. The van der Waals surface area contributed by atoms with Gasteiger partial charge in [-0.3, -0.25) is 4.98 Å². The van der Waals surface area contributed by atoms with E-state index in [0.29, 0.717) is 6.54 Å². The Bertz CT molecular complexity index is 831. The van der Waals surface area contributed by atoms with Crippen LogP contribution in [-0.2, 0) is 0 Å². The molecule has 150 valence electrons. The molecule has 0 radical (unpaired) electrons. The molecule has 1 saturated heterocycles. The van der Waals surface area contributed by atoms with E-state index in [1.165, 1.54) is 12.1 Å². The van der Waals surface area contributed by atoms with Crippen LogP contribution in [0.1, 0.15) is 29.6 Å². The van der Waals surface area contributed by atoms with Crippen LogP contribution in [0.4, 0.5) is 18.9 Å². The number of piperidine rings is 1. The van der Waals surface area contributed by atoms with Crippen LogP contribution >= 0.6 is 0 Å². The highest BCUT2D eigenvalue weighted by Gasteiger charge is 2.42. The number of halogens is 3. The summed E-state index contributed by atoms with van der Waals surface area (Å²) in [6, 6.07) is 8.21. The first-order valence-electron chi connectivity index (χ1n) is 9.24. The van der Waals surface area contributed by atoms with Crippen LogP contribution in [0, 0.1) is 0 Å². The molecule has 28 heavy (non-hydrogen) atoms. The zero-order valence-corrected chi connectivity index (χ0v) is 15.4. The minimum Gasteiger partial charge on any atom is -0.406 e. The van der Waals surface area contributed by atoms with Crippen molar-refractivity contribution in [3.8, 4) is 5.75 Å². The lowest BCUT2D eigenvalue weighted by molar-refractivity contribution is -0.274. The van der Waals surface area contributed by atoms with Gasteiger partial charge in [0, 0.05) is 43.1 Å². The highest BCUT2D eigenvalue weighted by atomic mass is 19.4. The Morgan fingerprint density at radius 2 is 2.00 bits per heavy atom. The number of nitrogens with zero attached hydrogens (tertiary/aromatic N) is 3. The molecule has 0 aliphatic carbocycles. The van der Waals surface area contributed by atoms with E-state index in [9.17, 15) is 18.3 Å². The van der Waals surface area contributed by atoms with Crippen molar-refractivity contribution in [2.45, 2.75) is 30.8 Å². The molecule has 3 heterocycles. The molecule has 5 nitrogen and oxygen atoms in total. The third kappa shape index (κ3) is 3.79. The number of likely N-dealkylation sites (N-methyl/N-ethyl adjacent to an activating group) is 1. The van der Waals surface area contributed by atoms with Crippen LogP contribution in [0.2, 0.25) is 0 Å². The third-order valence-corrected chi connectivity index (χ3v) is 5.58. The number of rotatable bonds is 4. The maximum absolute atomic E-state index is 12.6. The van der Waals surface area contributed by atoms with Gasteiger partial charge in [0.05, 0.1) is 6.10 Å². The van der Waals surface area contributed by atoms with Crippen molar-refractivity contribution in [2.75, 3.05) is 31.6 Å². The van der Waals surface area contributed by atoms with Crippen molar-refractivity contribution >= 4 is 5.69 Å². The second-order valence-corrected chi connectivity index (χ2v) is 7.44. The fourth-order valence-electron chi connectivity index (χ4n) is 4.36. The molecule has 8 heteroatoms. The Labute approximate surface area is 161 Å². The van der Waals surface area contributed by atoms with Gasteiger partial charge in [0.2, 0.25) is 0 Å². The van der Waals surface area contributed by atoms with Gasteiger partial charge in [0.25, 0.3) is 0 Å². The number of hydrogen-bond acceptors (Lipinski definition) is 5. The van der Waals surface area contributed by atoms with E-state index in [2.05, 4.69) is 19.5 Å². The van der Waals surface area contributed by atoms with E-state index in [-0.39, 0.29) is 17.7 Å². The normalized spacial score (nSPS) is 23.2. The van der Waals surface area contributed by atoms with Gasteiger partial charge < -0.3 is 19.6 Å². The summed E-state index contributed by atoms with van der Waals surface area (Å²) in [6.45, 7) is 2.04. The number of alkyl halides is 3. The average molecular weight is 393 g/mol. The highest BCUT2D eigenvalue weighted by molar-refractivity contribution is 5.64. The number of benzene rings is 1. The van der Waals surface area contributed by atoms with Gasteiger partial charge in [-0.1, -0.05) is 0 Å². The van der Waals surface area contributed by atoms with Crippen LogP contribution < -0.4 is 9.64 Å². The molecule has 3 unspecified atom stereocenters. The number of anilines is 1. The predicted molar refractivity (Wildman–Crippen MR) is 98.3 cm³/mol. The minimum absolute atomic E-state index is 0.0789. The van der Waals surface area contributed by atoms with E-state index in [1.807, 2.05) is 7.05 Å². The lowest BCUT2D eigenvalue weighted by atomic mass is 9.89. The van der Waals surface area contributed by atoms with Crippen LogP contribution in [-0.4, -0.2) is 54.1 Å². The van der Waals surface area contributed by atoms with Gasteiger partial charge >= 0.3 is 6.36 Å². The summed E-state index contributed by atoms with van der Waals surface area (Å²) in [5.74, 6) is -0.120. The van der Waals surface area contributed by atoms with Gasteiger partial charge in [-0.25, -0.2) is 0 Å². The standard InChI is InChI=1S/C20H22F3N3O2/c1-25-9-6-18-16(11-25)15-10-14(28-20(21,22)23)2-3-17(15)26(18)12-19(27)13-4-7-24-8-5-13/h2-5,7-8,10,16,18-19,27H,6,9,11-12H2,1H3. The van der Waals surface area contributed by atoms with E-state index >= 15 is 0 Å². The molecule has 1 fully saturated rings. The number of likely N-dealkylation sites (tertiary alicyclic amines) is 1. The Hall–Kier alpha value is -2.32. The van der Waals surface area contributed by atoms with Crippen molar-refractivity contribution in [3.05, 3.63) is 53.9 Å².